The molecule has 1 N–H and O–H groups in total. The Balaban J connectivity index is 1.50. The highest BCUT2D eigenvalue weighted by Gasteiger charge is 2.22. The van der Waals surface area contributed by atoms with Crippen LogP contribution >= 0.6 is 15.9 Å². The summed E-state index contributed by atoms with van der Waals surface area (Å²) in [5, 5.41) is 9.92. The number of anilines is 1. The summed E-state index contributed by atoms with van der Waals surface area (Å²) in [5.41, 5.74) is 0.815. The second-order valence-corrected chi connectivity index (χ2v) is 6.51. The number of amides is 1. The maximum atomic E-state index is 12.3. The Kier molecular flexibility index (Phi) is 5.25. The van der Waals surface area contributed by atoms with E-state index < -0.39 is 0 Å². The van der Waals surface area contributed by atoms with Crippen LogP contribution in [0.2, 0.25) is 0 Å². The van der Waals surface area contributed by atoms with Gasteiger partial charge < -0.3 is 19.6 Å². The van der Waals surface area contributed by atoms with Gasteiger partial charge in [-0.15, -0.1) is 0 Å². The smallest absolute Gasteiger partial charge is 0.260 e. The molecule has 1 amide bonds. The fourth-order valence-electron chi connectivity index (χ4n) is 2.70. The van der Waals surface area contributed by atoms with E-state index in [0.717, 1.165) is 10.2 Å². The van der Waals surface area contributed by atoms with E-state index in [2.05, 4.69) is 20.8 Å². The number of phenolic OH excluding ortho intramolecular Hbond substituents is 1. The van der Waals surface area contributed by atoms with Crippen molar-refractivity contribution < 1.29 is 14.6 Å². The lowest BCUT2D eigenvalue weighted by Crippen LogP contribution is -2.50. The summed E-state index contributed by atoms with van der Waals surface area (Å²) in [4.78, 5) is 16.2. The van der Waals surface area contributed by atoms with Crippen LogP contribution < -0.4 is 9.64 Å². The van der Waals surface area contributed by atoms with Crippen molar-refractivity contribution >= 4 is 27.5 Å². The van der Waals surface area contributed by atoms with Crippen LogP contribution in [0, 0.1) is 0 Å². The lowest BCUT2D eigenvalue weighted by Gasteiger charge is -2.36. The summed E-state index contributed by atoms with van der Waals surface area (Å²) >= 11 is 3.36. The molecule has 0 aliphatic carbocycles. The molecular weight excluding hydrogens is 372 g/mol. The normalized spacial score (nSPS) is 14.5. The maximum absolute atomic E-state index is 12.3. The van der Waals surface area contributed by atoms with Crippen molar-refractivity contribution in [2.75, 3.05) is 37.7 Å². The van der Waals surface area contributed by atoms with Crippen molar-refractivity contribution in [3.8, 4) is 11.5 Å². The average Bonchev–Trinajstić information content (AvgIpc) is 2.61. The molecule has 126 valence electrons. The van der Waals surface area contributed by atoms with Crippen molar-refractivity contribution in [3.63, 3.8) is 0 Å². The van der Waals surface area contributed by atoms with Gasteiger partial charge >= 0.3 is 0 Å². The second-order valence-electron chi connectivity index (χ2n) is 5.60. The molecule has 0 atom stereocenters. The lowest BCUT2D eigenvalue weighted by atomic mass is 10.2. The van der Waals surface area contributed by atoms with Crippen molar-refractivity contribution in [2.24, 2.45) is 0 Å². The number of para-hydroxylation sites is 2. The molecule has 6 heteroatoms. The van der Waals surface area contributed by atoms with Crippen molar-refractivity contribution in [1.29, 1.82) is 0 Å². The predicted molar refractivity (Wildman–Crippen MR) is 96.5 cm³/mol. The van der Waals surface area contributed by atoms with Gasteiger partial charge in [-0.1, -0.05) is 28.1 Å². The van der Waals surface area contributed by atoms with Crippen LogP contribution in [0.5, 0.6) is 11.5 Å². The lowest BCUT2D eigenvalue weighted by molar-refractivity contribution is -0.133. The fourth-order valence-corrected chi connectivity index (χ4v) is 2.96. The Morgan fingerprint density at radius 3 is 2.38 bits per heavy atom. The highest BCUT2D eigenvalue weighted by Crippen LogP contribution is 2.27. The summed E-state index contributed by atoms with van der Waals surface area (Å²) in [6.45, 7) is 2.68. The summed E-state index contributed by atoms with van der Waals surface area (Å²) in [7, 11) is 0. The number of hydrogen-bond acceptors (Lipinski definition) is 4. The monoisotopic (exact) mass is 390 g/mol. The number of carbonyl (C=O) groups excluding carboxylic acids is 1. The Morgan fingerprint density at radius 2 is 1.71 bits per heavy atom. The number of aromatic hydroxyl groups is 1. The number of hydrogen-bond donors (Lipinski definition) is 1. The summed E-state index contributed by atoms with van der Waals surface area (Å²) < 4.78 is 6.51. The Hall–Kier alpha value is -2.21. The van der Waals surface area contributed by atoms with Crippen LogP contribution in [0.25, 0.3) is 0 Å². The zero-order chi connectivity index (χ0) is 16.9. The number of ether oxygens (including phenoxy) is 1. The molecule has 0 spiro atoms. The van der Waals surface area contributed by atoms with Gasteiger partial charge in [0.05, 0.1) is 5.69 Å². The first-order valence-corrected chi connectivity index (χ1v) is 8.62. The van der Waals surface area contributed by atoms with Crippen molar-refractivity contribution in [3.05, 3.63) is 53.0 Å². The van der Waals surface area contributed by atoms with E-state index in [1.54, 1.807) is 17.0 Å². The standard InChI is InChI=1S/C18H19BrN2O3/c19-14-5-7-15(8-6-14)24-13-18(23)21-11-9-20(10-12-21)16-3-1-2-4-17(16)22/h1-8,22H,9-13H2. The van der Waals surface area contributed by atoms with Gasteiger partial charge in [-0.25, -0.2) is 0 Å². The molecule has 2 aromatic rings. The third kappa shape index (κ3) is 4.00. The number of rotatable bonds is 4. The number of benzene rings is 2. The highest BCUT2D eigenvalue weighted by molar-refractivity contribution is 9.10. The van der Waals surface area contributed by atoms with Crippen LogP contribution in [0.15, 0.2) is 53.0 Å². The van der Waals surface area contributed by atoms with Crippen molar-refractivity contribution in [1.82, 2.24) is 4.90 Å². The zero-order valence-electron chi connectivity index (χ0n) is 13.2. The molecule has 5 nitrogen and oxygen atoms in total. The van der Waals surface area contributed by atoms with Gasteiger partial charge in [0.2, 0.25) is 0 Å². The molecule has 1 aliphatic rings. The maximum Gasteiger partial charge on any atom is 0.260 e. The molecule has 3 rings (SSSR count). The Labute approximate surface area is 149 Å². The molecule has 0 bridgehead atoms. The van der Waals surface area contributed by atoms with E-state index in [1.807, 2.05) is 36.4 Å². The van der Waals surface area contributed by atoms with E-state index in [1.165, 1.54) is 0 Å². The molecule has 24 heavy (non-hydrogen) atoms. The van der Waals surface area contributed by atoms with Crippen LogP contribution in [0.4, 0.5) is 5.69 Å². The minimum atomic E-state index is -0.0187. The molecule has 1 fully saturated rings. The van der Waals surface area contributed by atoms with E-state index in [0.29, 0.717) is 31.9 Å². The van der Waals surface area contributed by atoms with Gasteiger partial charge in [-0.2, -0.15) is 0 Å². The molecule has 0 saturated carbocycles. The molecule has 0 aromatic heterocycles. The minimum absolute atomic E-state index is 0.0187. The molecule has 0 radical (unpaired) electrons. The number of carbonyl (C=O) groups is 1. The summed E-state index contributed by atoms with van der Waals surface area (Å²) in [5.74, 6) is 0.935. The van der Waals surface area contributed by atoms with Gasteiger partial charge in [-0.3, -0.25) is 4.79 Å². The second kappa shape index (κ2) is 7.57. The zero-order valence-corrected chi connectivity index (χ0v) is 14.8. The van der Waals surface area contributed by atoms with E-state index in [-0.39, 0.29) is 18.3 Å². The summed E-state index contributed by atoms with van der Waals surface area (Å²) in [6.07, 6.45) is 0. The summed E-state index contributed by atoms with van der Waals surface area (Å²) in [6, 6.07) is 14.7. The molecule has 0 unspecified atom stereocenters. The number of halogens is 1. The van der Waals surface area contributed by atoms with E-state index >= 15 is 0 Å². The highest BCUT2D eigenvalue weighted by atomic mass is 79.9. The molecular formula is C18H19BrN2O3. The minimum Gasteiger partial charge on any atom is -0.506 e. The van der Waals surface area contributed by atoms with Gasteiger partial charge in [0.15, 0.2) is 6.61 Å². The van der Waals surface area contributed by atoms with E-state index in [9.17, 15) is 9.90 Å². The van der Waals surface area contributed by atoms with E-state index in [4.69, 9.17) is 4.74 Å². The van der Waals surface area contributed by atoms with Gasteiger partial charge in [0, 0.05) is 30.7 Å². The van der Waals surface area contributed by atoms with Gasteiger partial charge in [-0.05, 0) is 36.4 Å². The van der Waals surface area contributed by atoms with Crippen LogP contribution in [0.3, 0.4) is 0 Å². The van der Waals surface area contributed by atoms with Crippen molar-refractivity contribution in [2.45, 2.75) is 0 Å². The average molecular weight is 391 g/mol. The number of nitrogens with zero attached hydrogens (tertiary/aromatic N) is 2. The SMILES string of the molecule is O=C(COc1ccc(Br)cc1)N1CCN(c2ccccc2O)CC1. The molecule has 1 aliphatic heterocycles. The largest absolute Gasteiger partial charge is 0.506 e. The third-order valence-electron chi connectivity index (χ3n) is 4.03. The first kappa shape index (κ1) is 16.6. The van der Waals surface area contributed by atoms with Crippen LogP contribution in [0.1, 0.15) is 0 Å². The van der Waals surface area contributed by atoms with Crippen LogP contribution in [-0.2, 0) is 4.79 Å². The quantitative estimate of drug-likeness (QED) is 0.871. The number of phenols is 1. The van der Waals surface area contributed by atoms with Gasteiger partial charge in [0.25, 0.3) is 5.91 Å². The fraction of sp³-hybridized carbons (Fsp3) is 0.278. The van der Waals surface area contributed by atoms with Gasteiger partial charge in [0.1, 0.15) is 11.5 Å². The Bertz CT molecular complexity index is 698. The predicted octanol–water partition coefficient (Wildman–Crippen LogP) is 2.88. The molecule has 1 heterocycles. The first-order valence-electron chi connectivity index (χ1n) is 7.82. The topological polar surface area (TPSA) is 53.0 Å². The Morgan fingerprint density at radius 1 is 1.04 bits per heavy atom. The molecule has 2 aromatic carbocycles. The van der Waals surface area contributed by atoms with Crippen LogP contribution in [-0.4, -0.2) is 48.7 Å². The number of piperazine rings is 1. The first-order chi connectivity index (χ1) is 11.6. The molecule has 1 saturated heterocycles. The third-order valence-corrected chi connectivity index (χ3v) is 4.56.